The predicted molar refractivity (Wildman–Crippen MR) is 430 cm³/mol. The second kappa shape index (κ2) is 62.1. The zero-order valence-corrected chi connectivity index (χ0v) is 68.1. The number of nitrogens with zero attached hydrogens (tertiary/aromatic N) is 3. The molecule has 0 spiro atoms. The molecule has 7 radical (unpaired) electrons. The molecule has 1 N–H and O–H groups in total. The van der Waals surface area contributed by atoms with Gasteiger partial charge in [0.15, 0.2) is 15.1 Å². The van der Waals surface area contributed by atoms with Gasteiger partial charge in [0.25, 0.3) is 0 Å². The summed E-state index contributed by atoms with van der Waals surface area (Å²) < 4.78 is 11.6. The molecule has 0 aliphatic heterocycles. The molecule has 0 saturated heterocycles. The zero-order valence-electron chi connectivity index (χ0n) is 59.1. The molecule has 4 heterocycles. The third-order valence-corrected chi connectivity index (χ3v) is 18.9. The van der Waals surface area contributed by atoms with Crippen molar-refractivity contribution in [1.29, 1.82) is 0 Å². The smallest absolute Gasteiger partial charge is 0.793 e. The molecule has 4 aromatic heterocycles. The maximum atomic E-state index is 10.2. The Balaban J connectivity index is 0. The number of aromatic amines is 1. The van der Waals surface area contributed by atoms with Gasteiger partial charge in [0, 0.05) is 111 Å². The summed E-state index contributed by atoms with van der Waals surface area (Å²) in [4.78, 5) is 76.1. The molecule has 0 fully saturated rings. The van der Waals surface area contributed by atoms with Crippen LogP contribution in [-0.2, 0) is 38.4 Å². The molecule has 8 aromatic rings. The Morgan fingerprint density at radius 1 is 0.546 bits per heavy atom. The van der Waals surface area contributed by atoms with Crippen LogP contribution in [0.1, 0.15) is 149 Å². The molecule has 0 aliphatic carbocycles. The average Bonchev–Trinajstić information content (AvgIpc) is 0.851. The van der Waals surface area contributed by atoms with Crippen molar-refractivity contribution in [3.8, 4) is 0 Å². The Labute approximate surface area is 651 Å². The summed E-state index contributed by atoms with van der Waals surface area (Å²) >= 11 is 21.3. The third kappa shape index (κ3) is 46.4. The molecule has 0 bridgehead atoms. The number of nitrogens with one attached hydrogen (secondary N) is 1. The van der Waals surface area contributed by atoms with Crippen molar-refractivity contribution in [1.82, 2.24) is 19.9 Å². The van der Waals surface area contributed by atoms with E-state index in [1.807, 2.05) is 66.1 Å². The fraction of sp³-hybridized carbons (Fsp3) is 0.438. The second-order valence-electron chi connectivity index (χ2n) is 21.8. The molecule has 8 rings (SSSR count). The van der Waals surface area contributed by atoms with Gasteiger partial charge in [-0.2, -0.15) is 0 Å². The van der Waals surface area contributed by atoms with Gasteiger partial charge in [0.2, 0.25) is 5.97 Å². The summed E-state index contributed by atoms with van der Waals surface area (Å²) in [6.45, 7) is 12.4. The first-order valence-corrected chi connectivity index (χ1v) is 39.1. The van der Waals surface area contributed by atoms with E-state index in [4.69, 9.17) is 18.4 Å². The summed E-state index contributed by atoms with van der Waals surface area (Å²) in [6.07, 6.45) is 31.3. The molecular formula is C73H97B4Br3N4NaO8S4. The van der Waals surface area contributed by atoms with E-state index < -0.39 is 17.9 Å². The van der Waals surface area contributed by atoms with Gasteiger partial charge in [0.1, 0.15) is 7.28 Å². The molecule has 0 unspecified atom stereocenters. The SMILES string of the molecule is BrCCCCCCBr.CC(=O)OOC(C)=O.Cc1ccc2c(=S)cc[nH]c2c1.Cc1ccc2c(SCCCCCCBr)ccnc2c1.Cc1ccc2c(SCCCCCC[B]C=O)ccnc2c1.[2HH].[2H]C[B]CCCCCCSc1ccnc2cc(C)ccc12.[B-]OC(C)=O.[B]C=O.[Na+]. The number of rotatable bonds is 29. The Morgan fingerprint density at radius 3 is 1.23 bits per heavy atom. The topological polar surface area (TPSA) is 167 Å². The van der Waals surface area contributed by atoms with Crippen LogP contribution in [0.2, 0.25) is 19.4 Å². The Morgan fingerprint density at radius 2 is 0.887 bits per heavy atom. The van der Waals surface area contributed by atoms with Crippen molar-refractivity contribution in [2.24, 2.45) is 0 Å². The maximum absolute atomic E-state index is 10.2. The maximum Gasteiger partial charge on any atom is 1.00 e. The van der Waals surface area contributed by atoms with E-state index in [2.05, 4.69) is 224 Å². The average molecular weight is 1590 g/mol. The molecule has 0 saturated carbocycles. The summed E-state index contributed by atoms with van der Waals surface area (Å²) in [5.74, 6) is 1.78. The molecule has 4 aromatic carbocycles. The quantitative estimate of drug-likeness (QED) is 0.00687. The van der Waals surface area contributed by atoms with Crippen molar-refractivity contribution in [3.63, 3.8) is 0 Å². The number of benzene rings is 4. The van der Waals surface area contributed by atoms with Crippen molar-refractivity contribution in [2.45, 2.75) is 185 Å². The first-order valence-electron chi connectivity index (χ1n) is 33.1. The van der Waals surface area contributed by atoms with Gasteiger partial charge in [-0.1, -0.05) is 192 Å². The summed E-state index contributed by atoms with van der Waals surface area (Å²) in [5.41, 5.74) is 9.46. The van der Waals surface area contributed by atoms with E-state index in [1.54, 1.807) is 7.28 Å². The number of halogens is 3. The number of carbonyl (C=O) groups is 5. The number of aromatic nitrogens is 4. The normalized spacial score (nSPS) is 10.1. The number of fused-ring (bicyclic) bond motifs is 4. The standard InChI is InChI=1S/C17H21BNOS.C17H23BNS.C16H20BrNS.C10H9NS.C6H12Br2.C4H6O4.C2H3BO2.CHBO.Na.H2/c1-14-6-7-15-16(12-14)19-10-8-17(15)21-11-5-3-2-4-9-18-13-20;1-14-7-8-15-16(13-14)19-11-9-17(15)20-12-6-4-3-5-10-18-2;1-13-6-7-14-15(12-13)18-10-8-16(14)19-11-5-3-2-4-9-17;1-7-2-3-8-9(6-7)11-5-4-10(8)12;7-5-3-1-2-4-6-8;1-3(5)7-8-4(2)6;1-2(4)5-3;2-1-3;;/h6-8,10,12-13H,2-5,9,11H2,1H3;7-9,11,13H,3-6,10,12H2,1-2H3;6-8,10,12H,2-5,9,11H2,1H3;2-6H,1H3,(H,11,12);1-6H2;1-2H3;1H3;1H;;1H/q;;;;;;-1;;+1;/i;2D;;;;;;;;1+1. The van der Waals surface area contributed by atoms with Gasteiger partial charge >= 0.3 is 41.5 Å². The number of thioether (sulfide) groups is 3. The number of pyridine rings is 4. The molecule has 0 aliphatic rings. The van der Waals surface area contributed by atoms with Crippen LogP contribution in [0.3, 0.4) is 0 Å². The van der Waals surface area contributed by atoms with Crippen molar-refractivity contribution < 1.29 is 70.8 Å². The van der Waals surface area contributed by atoms with E-state index in [9.17, 15) is 19.2 Å². The number of aryl methyl sites for hydroxylation is 4. The summed E-state index contributed by atoms with van der Waals surface area (Å²) in [6, 6.07) is 34.0. The largest absolute Gasteiger partial charge is 1.00 e. The van der Waals surface area contributed by atoms with E-state index in [0.717, 1.165) is 92.8 Å². The first-order chi connectivity index (χ1) is 46.9. The predicted octanol–water partition coefficient (Wildman–Crippen LogP) is 18.3. The van der Waals surface area contributed by atoms with Crippen molar-refractivity contribution in [2.75, 3.05) is 33.2 Å². The summed E-state index contributed by atoms with van der Waals surface area (Å²) in [5, 5.41) is 8.41. The van der Waals surface area contributed by atoms with E-state index in [-0.39, 0.29) is 37.2 Å². The monoisotopic (exact) mass is 1590 g/mol. The Kier molecular flexibility index (Phi) is 58.4. The minimum absolute atomic E-state index is 0. The minimum atomic E-state index is -0.639. The zero-order chi connectivity index (χ0) is 71.7. The van der Waals surface area contributed by atoms with Crippen molar-refractivity contribution >= 4 is 200 Å². The van der Waals surface area contributed by atoms with Crippen LogP contribution in [-0.4, -0.2) is 114 Å². The molecule has 24 heteroatoms. The molecule has 0 atom stereocenters. The van der Waals surface area contributed by atoms with Gasteiger partial charge < -0.3 is 27.3 Å². The van der Waals surface area contributed by atoms with E-state index in [1.165, 1.54) is 168 Å². The molecule has 515 valence electrons. The van der Waals surface area contributed by atoms with Crippen LogP contribution in [0.15, 0.2) is 137 Å². The fourth-order valence-corrected chi connectivity index (χ4v) is 13.2. The van der Waals surface area contributed by atoms with Crippen LogP contribution < -0.4 is 29.6 Å². The van der Waals surface area contributed by atoms with Crippen LogP contribution in [0.4, 0.5) is 0 Å². The molecule has 12 nitrogen and oxygen atoms in total. The van der Waals surface area contributed by atoms with Crippen LogP contribution in [0.25, 0.3) is 43.6 Å². The number of hydrogen-bond donors (Lipinski definition) is 1. The number of carbonyl (C=O) groups excluding carboxylic acids is 5. The second-order valence-corrected chi connectivity index (χ2v) is 28.0. The van der Waals surface area contributed by atoms with Gasteiger partial charge in [-0.25, -0.2) is 19.4 Å². The van der Waals surface area contributed by atoms with Crippen LogP contribution in [0.5, 0.6) is 0 Å². The summed E-state index contributed by atoms with van der Waals surface area (Å²) in [7, 11) is 12.3. The van der Waals surface area contributed by atoms with Crippen LogP contribution in [0, 0.1) is 32.2 Å². The number of hydrogen-bond acceptors (Lipinski definition) is 15. The fourth-order valence-electron chi connectivity index (χ4n) is 8.65. The Hall–Kier alpha value is -3.76. The van der Waals surface area contributed by atoms with Gasteiger partial charge in [-0.3, -0.25) is 19.7 Å². The molecular weight excluding hydrogens is 1500 g/mol. The number of H-pyrrole nitrogens is 1. The Bertz CT molecular complexity index is 3530. The van der Waals surface area contributed by atoms with E-state index in [0.29, 0.717) is 6.80 Å². The van der Waals surface area contributed by atoms with Gasteiger partial charge in [-0.15, -0.1) is 35.3 Å². The van der Waals surface area contributed by atoms with Gasteiger partial charge in [0.05, 0.1) is 28.9 Å². The molecule has 97 heavy (non-hydrogen) atoms. The first kappa shape index (κ1) is 91.3. The van der Waals surface area contributed by atoms with Gasteiger partial charge in [-0.05, 0) is 154 Å². The van der Waals surface area contributed by atoms with E-state index >= 15 is 0 Å². The van der Waals surface area contributed by atoms with Crippen molar-refractivity contribution in [3.05, 3.63) is 149 Å². The third-order valence-electron chi connectivity index (χ3n) is 13.4. The van der Waals surface area contributed by atoms with Crippen LogP contribution >= 0.6 is 95.3 Å². The number of unbranched alkanes of at least 4 members (excludes halogenated alkanes) is 12. The minimum Gasteiger partial charge on any atom is -0.793 e. The number of alkyl halides is 3. The molecule has 0 amide bonds.